The summed E-state index contributed by atoms with van der Waals surface area (Å²) in [6.07, 6.45) is 1.67. The summed E-state index contributed by atoms with van der Waals surface area (Å²) >= 11 is 3.36. The van der Waals surface area contributed by atoms with Gasteiger partial charge >= 0.3 is 0 Å². The quantitative estimate of drug-likeness (QED) is 0.937. The number of methoxy groups -OCH3 is 1. The van der Waals surface area contributed by atoms with Crippen LogP contribution in [0.4, 0.5) is 10.1 Å². The molecule has 0 aliphatic carbocycles. The number of aromatic nitrogens is 1. The number of nitrogens with zero attached hydrogens (tertiary/aromatic N) is 1. The second-order valence-electron chi connectivity index (χ2n) is 3.65. The highest BCUT2D eigenvalue weighted by atomic mass is 79.9. The summed E-state index contributed by atoms with van der Waals surface area (Å²) in [6, 6.07) is 8.25. The monoisotopic (exact) mass is 310 g/mol. The summed E-state index contributed by atoms with van der Waals surface area (Å²) < 4.78 is 19.1. The molecule has 94 valence electrons. The Kier molecular flexibility index (Phi) is 4.15. The molecule has 0 aliphatic rings. The smallest absolute Gasteiger partial charge is 0.218 e. The van der Waals surface area contributed by atoms with Crippen LogP contribution in [0.3, 0.4) is 0 Å². The topological polar surface area (TPSA) is 34.1 Å². The van der Waals surface area contributed by atoms with Gasteiger partial charge in [0.05, 0.1) is 12.8 Å². The highest BCUT2D eigenvalue weighted by Crippen LogP contribution is 2.24. The molecule has 1 heterocycles. The number of anilines is 1. The van der Waals surface area contributed by atoms with Gasteiger partial charge in [-0.05, 0) is 40.2 Å². The van der Waals surface area contributed by atoms with Crippen LogP contribution in [-0.4, -0.2) is 12.1 Å². The zero-order valence-electron chi connectivity index (χ0n) is 9.78. The Labute approximate surface area is 113 Å². The summed E-state index contributed by atoms with van der Waals surface area (Å²) in [4.78, 5) is 4.10. The fraction of sp³-hybridized carbons (Fsp3) is 0.154. The number of hydrogen-bond acceptors (Lipinski definition) is 3. The van der Waals surface area contributed by atoms with Crippen molar-refractivity contribution in [3.05, 3.63) is 52.4 Å². The van der Waals surface area contributed by atoms with Gasteiger partial charge in [0.15, 0.2) is 0 Å². The van der Waals surface area contributed by atoms with Gasteiger partial charge in [0.2, 0.25) is 5.88 Å². The van der Waals surface area contributed by atoms with Gasteiger partial charge < -0.3 is 10.1 Å². The number of hydrogen-bond donors (Lipinski definition) is 1. The van der Waals surface area contributed by atoms with Crippen molar-refractivity contribution in [1.82, 2.24) is 4.98 Å². The lowest BCUT2D eigenvalue weighted by Crippen LogP contribution is -2.03. The van der Waals surface area contributed by atoms with E-state index in [0.29, 0.717) is 18.1 Å². The minimum atomic E-state index is -0.279. The van der Waals surface area contributed by atoms with Crippen LogP contribution in [0.1, 0.15) is 5.56 Å². The Morgan fingerprint density at radius 2 is 2.22 bits per heavy atom. The van der Waals surface area contributed by atoms with Crippen molar-refractivity contribution in [2.45, 2.75) is 6.54 Å². The molecule has 2 rings (SSSR count). The maximum Gasteiger partial charge on any atom is 0.218 e. The Morgan fingerprint density at radius 1 is 1.39 bits per heavy atom. The summed E-state index contributed by atoms with van der Waals surface area (Å²) in [7, 11) is 1.57. The number of ether oxygens (including phenoxy) is 1. The second-order valence-corrected chi connectivity index (χ2v) is 4.50. The van der Waals surface area contributed by atoms with E-state index in [2.05, 4.69) is 26.2 Å². The third-order valence-electron chi connectivity index (χ3n) is 2.44. The van der Waals surface area contributed by atoms with E-state index in [9.17, 15) is 4.39 Å². The van der Waals surface area contributed by atoms with E-state index >= 15 is 0 Å². The highest BCUT2D eigenvalue weighted by molar-refractivity contribution is 9.10. The van der Waals surface area contributed by atoms with Crippen molar-refractivity contribution in [2.24, 2.45) is 0 Å². The summed E-state index contributed by atoms with van der Waals surface area (Å²) in [6.45, 7) is 0.513. The minimum absolute atomic E-state index is 0.279. The largest absolute Gasteiger partial charge is 0.481 e. The average Bonchev–Trinajstić information content (AvgIpc) is 2.40. The van der Waals surface area contributed by atoms with E-state index in [1.165, 1.54) is 12.1 Å². The molecule has 0 radical (unpaired) electrons. The molecule has 1 N–H and O–H groups in total. The molecule has 0 aliphatic heterocycles. The summed E-state index contributed by atoms with van der Waals surface area (Å²) in [5, 5.41) is 3.14. The van der Waals surface area contributed by atoms with Crippen molar-refractivity contribution < 1.29 is 9.13 Å². The van der Waals surface area contributed by atoms with E-state index in [0.717, 1.165) is 10.0 Å². The van der Waals surface area contributed by atoms with Gasteiger partial charge in [-0.3, -0.25) is 0 Å². The number of benzene rings is 1. The number of rotatable bonds is 4. The van der Waals surface area contributed by atoms with Gasteiger partial charge in [0.1, 0.15) is 5.82 Å². The summed E-state index contributed by atoms with van der Waals surface area (Å²) in [5.41, 5.74) is 1.61. The van der Waals surface area contributed by atoms with Crippen molar-refractivity contribution in [2.75, 3.05) is 12.4 Å². The maximum absolute atomic E-state index is 13.1. The number of pyridine rings is 1. The minimum Gasteiger partial charge on any atom is -0.481 e. The molecule has 0 amide bonds. The lowest BCUT2D eigenvalue weighted by Gasteiger charge is -2.10. The SMILES string of the molecule is COc1ncccc1CNc1cc(F)ccc1Br. The first kappa shape index (κ1) is 12.8. The number of nitrogens with one attached hydrogen (secondary N) is 1. The molecule has 1 aromatic heterocycles. The van der Waals surface area contributed by atoms with Crippen LogP contribution in [0.5, 0.6) is 5.88 Å². The standard InChI is InChI=1S/C13H12BrFN2O/c1-18-13-9(3-2-6-16-13)8-17-12-7-10(15)4-5-11(12)14/h2-7,17H,8H2,1H3. The van der Waals surface area contributed by atoms with Crippen LogP contribution in [0, 0.1) is 5.82 Å². The molecule has 0 spiro atoms. The molecule has 0 saturated carbocycles. The van der Waals surface area contributed by atoms with Crippen molar-refractivity contribution in [3.63, 3.8) is 0 Å². The van der Waals surface area contributed by atoms with E-state index in [-0.39, 0.29) is 5.82 Å². The zero-order valence-corrected chi connectivity index (χ0v) is 11.4. The van der Waals surface area contributed by atoms with E-state index in [1.54, 1.807) is 19.4 Å². The Bertz CT molecular complexity index is 548. The van der Waals surface area contributed by atoms with Crippen molar-refractivity contribution >= 4 is 21.6 Å². The maximum atomic E-state index is 13.1. The van der Waals surface area contributed by atoms with Crippen LogP contribution in [0.15, 0.2) is 41.0 Å². The Hall–Kier alpha value is -1.62. The third-order valence-corrected chi connectivity index (χ3v) is 3.13. The van der Waals surface area contributed by atoms with Crippen LogP contribution in [0.25, 0.3) is 0 Å². The fourth-order valence-electron chi connectivity index (χ4n) is 1.57. The average molecular weight is 311 g/mol. The van der Waals surface area contributed by atoms with E-state index < -0.39 is 0 Å². The van der Waals surface area contributed by atoms with Gasteiger partial charge in [-0.15, -0.1) is 0 Å². The summed E-state index contributed by atoms with van der Waals surface area (Å²) in [5.74, 6) is 0.288. The van der Waals surface area contributed by atoms with Crippen LogP contribution in [-0.2, 0) is 6.54 Å². The lowest BCUT2D eigenvalue weighted by atomic mass is 10.2. The van der Waals surface area contributed by atoms with Crippen molar-refractivity contribution in [3.8, 4) is 5.88 Å². The molecule has 18 heavy (non-hydrogen) atoms. The van der Waals surface area contributed by atoms with E-state index in [4.69, 9.17) is 4.74 Å². The first-order chi connectivity index (χ1) is 8.70. The molecule has 0 bridgehead atoms. The molecule has 1 aromatic carbocycles. The number of halogens is 2. The molecule has 3 nitrogen and oxygen atoms in total. The van der Waals surface area contributed by atoms with E-state index in [1.807, 2.05) is 12.1 Å². The van der Waals surface area contributed by atoms with Gasteiger partial charge in [-0.25, -0.2) is 9.37 Å². The predicted molar refractivity (Wildman–Crippen MR) is 72.2 cm³/mol. The zero-order chi connectivity index (χ0) is 13.0. The first-order valence-electron chi connectivity index (χ1n) is 5.37. The Balaban J connectivity index is 2.14. The predicted octanol–water partition coefficient (Wildman–Crippen LogP) is 3.60. The van der Waals surface area contributed by atoms with Crippen LogP contribution < -0.4 is 10.1 Å². The molecular formula is C13H12BrFN2O. The Morgan fingerprint density at radius 3 is 3.00 bits per heavy atom. The first-order valence-corrected chi connectivity index (χ1v) is 6.17. The highest BCUT2D eigenvalue weighted by Gasteiger charge is 2.05. The second kappa shape index (κ2) is 5.82. The molecular weight excluding hydrogens is 299 g/mol. The lowest BCUT2D eigenvalue weighted by molar-refractivity contribution is 0.393. The molecule has 0 saturated heterocycles. The normalized spacial score (nSPS) is 10.2. The van der Waals surface area contributed by atoms with Gasteiger partial charge in [-0.2, -0.15) is 0 Å². The molecule has 5 heteroatoms. The van der Waals surface area contributed by atoms with Gasteiger partial charge in [-0.1, -0.05) is 6.07 Å². The molecule has 0 unspecified atom stereocenters. The molecule has 2 aromatic rings. The van der Waals surface area contributed by atoms with Crippen LogP contribution >= 0.6 is 15.9 Å². The third kappa shape index (κ3) is 2.98. The van der Waals surface area contributed by atoms with Gasteiger partial charge in [0, 0.05) is 22.8 Å². The fourth-order valence-corrected chi connectivity index (χ4v) is 1.95. The van der Waals surface area contributed by atoms with Crippen molar-refractivity contribution in [1.29, 1.82) is 0 Å². The van der Waals surface area contributed by atoms with Crippen LogP contribution in [0.2, 0.25) is 0 Å². The molecule has 0 atom stereocenters. The van der Waals surface area contributed by atoms with Gasteiger partial charge in [0.25, 0.3) is 0 Å². The molecule has 0 fully saturated rings.